The first-order valence-corrected chi connectivity index (χ1v) is 7.41. The van der Waals surface area contributed by atoms with Gasteiger partial charge >= 0.3 is 0 Å². The van der Waals surface area contributed by atoms with Crippen LogP contribution in [0.4, 0.5) is 0 Å². The van der Waals surface area contributed by atoms with Gasteiger partial charge in [0.25, 0.3) is 0 Å². The van der Waals surface area contributed by atoms with Crippen molar-refractivity contribution in [1.82, 2.24) is 10.3 Å². The van der Waals surface area contributed by atoms with Gasteiger partial charge in [0.2, 0.25) is 0 Å². The van der Waals surface area contributed by atoms with E-state index in [-0.39, 0.29) is 12.4 Å². The smallest absolute Gasteiger partial charge is 0.141 e. The van der Waals surface area contributed by atoms with E-state index >= 15 is 0 Å². The summed E-state index contributed by atoms with van der Waals surface area (Å²) in [5, 5.41) is 22.2. The molecular weight excluding hydrogens is 252 g/mol. The number of aromatic hydroxyl groups is 1. The van der Waals surface area contributed by atoms with Crippen LogP contribution in [0, 0.1) is 6.92 Å². The van der Waals surface area contributed by atoms with Gasteiger partial charge in [-0.05, 0) is 6.92 Å². The minimum Gasteiger partial charge on any atom is -0.506 e. The molecule has 0 saturated heterocycles. The van der Waals surface area contributed by atoms with Crippen LogP contribution in [-0.4, -0.2) is 37.5 Å². The number of hydrogen-bond acceptors (Lipinski definition) is 5. The molecule has 1 aromatic rings. The van der Waals surface area contributed by atoms with Crippen LogP contribution in [0.15, 0.2) is 6.20 Å². The first-order valence-electron chi connectivity index (χ1n) is 5.93. The largest absolute Gasteiger partial charge is 0.506 e. The molecule has 18 heavy (non-hydrogen) atoms. The lowest BCUT2D eigenvalue weighted by Gasteiger charge is -2.12. The molecule has 0 saturated carbocycles. The maximum absolute atomic E-state index is 11.2. The third-order valence-corrected chi connectivity index (χ3v) is 4.03. The number of aryl methyl sites for hydroxylation is 1. The quantitative estimate of drug-likeness (QED) is 0.628. The Morgan fingerprint density at radius 3 is 2.83 bits per heavy atom. The number of hydrogen-bond donors (Lipinski definition) is 3. The molecule has 0 spiro atoms. The van der Waals surface area contributed by atoms with E-state index in [0.717, 1.165) is 0 Å². The molecule has 5 nitrogen and oxygen atoms in total. The number of pyridine rings is 1. The Kier molecular flexibility index (Phi) is 6.24. The minimum absolute atomic E-state index is 0.116. The van der Waals surface area contributed by atoms with Gasteiger partial charge in [0.15, 0.2) is 0 Å². The SMILES string of the molecule is CCS(=O)CCNCc1c(CO)cnc(C)c1O. The second-order valence-electron chi connectivity index (χ2n) is 3.96. The van der Waals surface area contributed by atoms with Crippen molar-refractivity contribution in [1.29, 1.82) is 0 Å². The average molecular weight is 272 g/mol. The Labute approximate surface area is 110 Å². The highest BCUT2D eigenvalue weighted by molar-refractivity contribution is 7.84. The van der Waals surface area contributed by atoms with E-state index in [1.54, 1.807) is 13.1 Å². The van der Waals surface area contributed by atoms with Crippen LogP contribution in [-0.2, 0) is 24.0 Å². The first-order chi connectivity index (χ1) is 8.60. The van der Waals surface area contributed by atoms with Gasteiger partial charge in [-0.2, -0.15) is 0 Å². The fraction of sp³-hybridized carbons (Fsp3) is 0.583. The maximum Gasteiger partial charge on any atom is 0.141 e. The predicted molar refractivity (Wildman–Crippen MR) is 71.8 cm³/mol. The zero-order valence-corrected chi connectivity index (χ0v) is 11.6. The molecule has 0 aliphatic rings. The number of rotatable bonds is 7. The van der Waals surface area contributed by atoms with E-state index < -0.39 is 10.8 Å². The van der Waals surface area contributed by atoms with Gasteiger partial charge in [0, 0.05) is 52.7 Å². The Balaban J connectivity index is 2.61. The van der Waals surface area contributed by atoms with Crippen LogP contribution in [0.5, 0.6) is 5.75 Å². The van der Waals surface area contributed by atoms with Gasteiger partial charge in [0.1, 0.15) is 5.75 Å². The van der Waals surface area contributed by atoms with E-state index in [9.17, 15) is 14.4 Å². The Morgan fingerprint density at radius 1 is 1.50 bits per heavy atom. The first kappa shape index (κ1) is 15.1. The van der Waals surface area contributed by atoms with Crippen LogP contribution in [0.2, 0.25) is 0 Å². The molecule has 0 aliphatic carbocycles. The average Bonchev–Trinajstić information content (AvgIpc) is 2.38. The summed E-state index contributed by atoms with van der Waals surface area (Å²) in [5.41, 5.74) is 1.82. The van der Waals surface area contributed by atoms with Gasteiger partial charge in [-0.1, -0.05) is 6.92 Å². The molecule has 0 amide bonds. The van der Waals surface area contributed by atoms with Crippen LogP contribution in [0.1, 0.15) is 23.7 Å². The van der Waals surface area contributed by atoms with Crippen LogP contribution < -0.4 is 5.32 Å². The van der Waals surface area contributed by atoms with E-state index in [1.807, 2.05) is 6.92 Å². The number of aliphatic hydroxyl groups is 1. The van der Waals surface area contributed by atoms with Crippen LogP contribution in [0.3, 0.4) is 0 Å². The summed E-state index contributed by atoms with van der Waals surface area (Å²) in [6, 6.07) is 0. The number of nitrogens with one attached hydrogen (secondary N) is 1. The van der Waals surface area contributed by atoms with Gasteiger partial charge in [-0.25, -0.2) is 0 Å². The fourth-order valence-electron chi connectivity index (χ4n) is 1.56. The molecule has 102 valence electrons. The van der Waals surface area contributed by atoms with Crippen LogP contribution in [0.25, 0.3) is 0 Å². The molecule has 1 rings (SSSR count). The van der Waals surface area contributed by atoms with Crippen molar-refractivity contribution in [2.24, 2.45) is 0 Å². The molecule has 0 aliphatic heterocycles. The number of aliphatic hydroxyl groups excluding tert-OH is 1. The van der Waals surface area contributed by atoms with Crippen molar-refractivity contribution >= 4 is 10.8 Å². The van der Waals surface area contributed by atoms with Crippen molar-refractivity contribution in [2.75, 3.05) is 18.1 Å². The minimum atomic E-state index is -0.788. The van der Waals surface area contributed by atoms with Crippen molar-refractivity contribution in [2.45, 2.75) is 27.0 Å². The monoisotopic (exact) mass is 272 g/mol. The zero-order chi connectivity index (χ0) is 13.5. The molecule has 1 atom stereocenters. The standard InChI is InChI=1S/C12H20N2O3S/c1-3-18(17)5-4-13-7-11-10(8-15)6-14-9(2)12(11)16/h6,13,15-16H,3-5,7-8H2,1-2H3. The highest BCUT2D eigenvalue weighted by atomic mass is 32.2. The Bertz CT molecular complexity index is 424. The van der Waals surface area contributed by atoms with E-state index in [4.69, 9.17) is 0 Å². The lowest BCUT2D eigenvalue weighted by Crippen LogP contribution is -2.21. The zero-order valence-electron chi connectivity index (χ0n) is 10.8. The van der Waals surface area contributed by atoms with E-state index in [0.29, 0.717) is 41.4 Å². The summed E-state index contributed by atoms with van der Waals surface area (Å²) in [6.07, 6.45) is 1.57. The molecule has 3 N–H and O–H groups in total. The third-order valence-electron chi connectivity index (χ3n) is 2.73. The van der Waals surface area contributed by atoms with Crippen molar-refractivity contribution in [3.05, 3.63) is 23.0 Å². The molecule has 1 aromatic heterocycles. The molecule has 6 heteroatoms. The van der Waals surface area contributed by atoms with Crippen molar-refractivity contribution in [3.63, 3.8) is 0 Å². The molecule has 1 unspecified atom stereocenters. The lowest BCUT2D eigenvalue weighted by atomic mass is 10.1. The van der Waals surface area contributed by atoms with Crippen LogP contribution >= 0.6 is 0 Å². The normalized spacial score (nSPS) is 12.6. The second-order valence-corrected chi connectivity index (χ2v) is 5.83. The summed E-state index contributed by atoms with van der Waals surface area (Å²) in [7, 11) is -0.788. The molecule has 0 radical (unpaired) electrons. The highest BCUT2D eigenvalue weighted by Crippen LogP contribution is 2.23. The lowest BCUT2D eigenvalue weighted by molar-refractivity contribution is 0.278. The molecule has 0 fully saturated rings. The number of aromatic nitrogens is 1. The van der Waals surface area contributed by atoms with Crippen molar-refractivity contribution < 1.29 is 14.4 Å². The molecule has 0 bridgehead atoms. The summed E-state index contributed by atoms with van der Waals surface area (Å²) in [6.45, 7) is 4.50. The summed E-state index contributed by atoms with van der Waals surface area (Å²) in [5.74, 6) is 1.37. The van der Waals surface area contributed by atoms with Gasteiger partial charge in [-0.3, -0.25) is 9.19 Å². The van der Waals surface area contributed by atoms with Gasteiger partial charge in [0.05, 0.1) is 12.3 Å². The summed E-state index contributed by atoms with van der Waals surface area (Å²) < 4.78 is 11.2. The Morgan fingerprint density at radius 2 is 2.22 bits per heavy atom. The number of nitrogens with zero attached hydrogens (tertiary/aromatic N) is 1. The van der Waals surface area contributed by atoms with Crippen molar-refractivity contribution in [3.8, 4) is 5.75 Å². The fourth-order valence-corrected chi connectivity index (χ4v) is 2.22. The second kappa shape index (κ2) is 7.45. The maximum atomic E-state index is 11.2. The molecule has 0 aromatic carbocycles. The van der Waals surface area contributed by atoms with E-state index in [2.05, 4.69) is 10.3 Å². The van der Waals surface area contributed by atoms with Gasteiger partial charge < -0.3 is 15.5 Å². The topological polar surface area (TPSA) is 82.5 Å². The molecule has 1 heterocycles. The Hall–Kier alpha value is -0.980. The summed E-state index contributed by atoms with van der Waals surface area (Å²) >= 11 is 0. The highest BCUT2D eigenvalue weighted by Gasteiger charge is 2.10. The van der Waals surface area contributed by atoms with E-state index in [1.165, 1.54) is 0 Å². The summed E-state index contributed by atoms with van der Waals surface area (Å²) in [4.78, 5) is 3.99. The third kappa shape index (κ3) is 4.04. The van der Waals surface area contributed by atoms with Gasteiger partial charge in [-0.15, -0.1) is 0 Å². The molecular formula is C12H20N2O3S. The predicted octanol–water partition coefficient (Wildman–Crippen LogP) is 0.446.